The smallest absolute Gasteiger partial charge is 0.341 e. The van der Waals surface area contributed by atoms with Crippen LogP contribution in [0.1, 0.15) is 75.6 Å². The SMILES string of the molecule is CC(=O)OC[C@]12[C@H](OC(=O)c3ccoc3)[C@@H](OC(=O)c3ccccc3)[C@@H]3[C@@H](OC(C)=O)[C@]1(OC3(C)C)[C@@](C)(O)C[C@H](OC(C)=O)[C@@H]2OC(C)=O. The van der Waals surface area contributed by atoms with Crippen LogP contribution in [0.15, 0.2) is 53.3 Å². The molecule has 15 nitrogen and oxygen atoms in total. The van der Waals surface area contributed by atoms with Gasteiger partial charge in [0.1, 0.15) is 36.6 Å². The highest BCUT2D eigenvalue weighted by Gasteiger charge is 2.89. The lowest BCUT2D eigenvalue weighted by atomic mass is 9.45. The summed E-state index contributed by atoms with van der Waals surface area (Å²) in [5.74, 6) is -6.51. The van der Waals surface area contributed by atoms with Crippen LogP contribution in [0.4, 0.5) is 0 Å². The predicted octanol–water partition coefficient (Wildman–Crippen LogP) is 2.71. The van der Waals surface area contributed by atoms with Gasteiger partial charge in [0.05, 0.1) is 34.5 Å². The van der Waals surface area contributed by atoms with Gasteiger partial charge in [-0.3, -0.25) is 19.2 Å². The van der Waals surface area contributed by atoms with Crippen molar-refractivity contribution in [3.8, 4) is 0 Å². The molecule has 1 aliphatic heterocycles. The Bertz CT molecular complexity index is 1650. The summed E-state index contributed by atoms with van der Waals surface area (Å²) in [5.41, 5.74) is -8.22. The fourth-order valence-electron chi connectivity index (χ4n) is 8.19. The van der Waals surface area contributed by atoms with Crippen molar-refractivity contribution in [2.75, 3.05) is 6.61 Å². The van der Waals surface area contributed by atoms with Crippen molar-refractivity contribution >= 4 is 35.8 Å². The van der Waals surface area contributed by atoms with Gasteiger partial charge in [0, 0.05) is 34.1 Å². The van der Waals surface area contributed by atoms with Gasteiger partial charge in [-0.05, 0) is 39.0 Å². The van der Waals surface area contributed by atoms with Gasteiger partial charge in [0.15, 0.2) is 17.8 Å². The number of hydrogen-bond acceptors (Lipinski definition) is 15. The molecule has 2 heterocycles. The van der Waals surface area contributed by atoms with Crippen LogP contribution in [0.2, 0.25) is 0 Å². The first-order valence-electron chi connectivity index (χ1n) is 15.9. The number of benzene rings is 1. The largest absolute Gasteiger partial charge is 0.472 e. The molecule has 0 amide bonds. The molecule has 3 aliphatic rings. The number of fused-ring (bicyclic) bond motifs is 1. The lowest BCUT2D eigenvalue weighted by Crippen LogP contribution is -2.85. The molecule has 2 aromatic rings. The molecule has 1 aromatic carbocycles. The Morgan fingerprint density at radius 3 is 1.90 bits per heavy atom. The maximum absolute atomic E-state index is 13.9. The molecular weight excluding hydrogens is 660 g/mol. The van der Waals surface area contributed by atoms with Gasteiger partial charge in [0.2, 0.25) is 0 Å². The van der Waals surface area contributed by atoms with Crippen molar-refractivity contribution in [2.24, 2.45) is 11.3 Å². The quantitative estimate of drug-likeness (QED) is 0.295. The standard InChI is InChI=1S/C35H40O15/c1-18(36)44-17-34-27(46-20(3)38)24(45-19(2)37)15-33(7,42)35(34)28(47-21(4)39)25(32(5,6)50-35)26(48-30(40)22-11-9-8-10-12-22)29(34)49-31(41)23-13-14-43-16-23/h8-14,16,24-29,42H,15,17H2,1-7H3/t24-,25+,26-,27-,28+,29+,33-,34-,35-/m0/s1. The molecule has 270 valence electrons. The summed E-state index contributed by atoms with van der Waals surface area (Å²) in [5, 5.41) is 12.7. The maximum atomic E-state index is 13.9. The summed E-state index contributed by atoms with van der Waals surface area (Å²) >= 11 is 0. The number of carbonyl (C=O) groups is 6. The molecular formula is C35H40O15. The number of ether oxygens (including phenoxy) is 7. The highest BCUT2D eigenvalue weighted by atomic mass is 16.7. The third-order valence-corrected chi connectivity index (χ3v) is 9.71. The van der Waals surface area contributed by atoms with Gasteiger partial charge in [0.25, 0.3) is 0 Å². The summed E-state index contributed by atoms with van der Waals surface area (Å²) in [6.45, 7) is 8.04. The van der Waals surface area contributed by atoms with Crippen LogP contribution < -0.4 is 0 Å². The van der Waals surface area contributed by atoms with Crippen LogP contribution in [-0.2, 0) is 52.3 Å². The zero-order valence-corrected chi connectivity index (χ0v) is 28.7. The van der Waals surface area contributed by atoms with Gasteiger partial charge in [-0.2, -0.15) is 0 Å². The van der Waals surface area contributed by atoms with Gasteiger partial charge >= 0.3 is 35.8 Å². The summed E-state index contributed by atoms with van der Waals surface area (Å²) in [6, 6.07) is 9.17. The number of carbonyl (C=O) groups excluding carboxylic acids is 6. The third kappa shape index (κ3) is 6.02. The monoisotopic (exact) mass is 700 g/mol. The Labute approximate surface area is 287 Å². The van der Waals surface area contributed by atoms with E-state index in [-0.39, 0.29) is 11.1 Å². The Morgan fingerprint density at radius 2 is 1.34 bits per heavy atom. The number of aliphatic hydroxyl groups is 1. The van der Waals surface area contributed by atoms with E-state index in [0.29, 0.717) is 0 Å². The molecule has 1 spiro atoms. The van der Waals surface area contributed by atoms with Crippen LogP contribution in [0.5, 0.6) is 0 Å². The molecule has 2 aliphatic carbocycles. The normalized spacial score (nSPS) is 33.6. The second-order valence-electron chi connectivity index (χ2n) is 13.5. The molecule has 50 heavy (non-hydrogen) atoms. The van der Waals surface area contributed by atoms with Crippen LogP contribution in [0, 0.1) is 11.3 Å². The summed E-state index contributed by atoms with van der Waals surface area (Å²) < 4.78 is 47.6. The van der Waals surface area contributed by atoms with Crippen molar-refractivity contribution in [3.05, 3.63) is 60.1 Å². The first-order valence-corrected chi connectivity index (χ1v) is 15.9. The minimum absolute atomic E-state index is 0.0763. The Kier molecular flexibility index (Phi) is 9.62. The highest BCUT2D eigenvalue weighted by Crippen LogP contribution is 2.69. The molecule has 3 fully saturated rings. The average Bonchev–Trinajstić information content (AvgIpc) is 3.61. The van der Waals surface area contributed by atoms with Gasteiger partial charge in [-0.1, -0.05) is 18.2 Å². The Morgan fingerprint density at radius 1 is 0.740 bits per heavy atom. The topological polar surface area (TPSA) is 200 Å². The second kappa shape index (κ2) is 13.2. The van der Waals surface area contributed by atoms with E-state index in [4.69, 9.17) is 37.6 Å². The van der Waals surface area contributed by atoms with Crippen molar-refractivity contribution in [2.45, 2.75) is 102 Å². The predicted molar refractivity (Wildman–Crippen MR) is 166 cm³/mol. The maximum Gasteiger partial charge on any atom is 0.341 e. The van der Waals surface area contributed by atoms with E-state index in [0.717, 1.165) is 34.0 Å². The van der Waals surface area contributed by atoms with E-state index in [9.17, 15) is 33.9 Å². The van der Waals surface area contributed by atoms with Crippen molar-refractivity contribution < 1.29 is 71.4 Å². The number of esters is 6. The molecule has 1 saturated heterocycles. The molecule has 0 unspecified atom stereocenters. The van der Waals surface area contributed by atoms with E-state index in [1.54, 1.807) is 32.0 Å². The first-order chi connectivity index (χ1) is 23.4. The fourth-order valence-corrected chi connectivity index (χ4v) is 8.19. The fraction of sp³-hybridized carbons (Fsp3) is 0.543. The highest BCUT2D eigenvalue weighted by molar-refractivity contribution is 5.90. The first kappa shape index (κ1) is 36.5. The number of hydrogen-bond donors (Lipinski definition) is 1. The van der Waals surface area contributed by atoms with Gasteiger partial charge < -0.3 is 42.7 Å². The third-order valence-electron chi connectivity index (χ3n) is 9.71. The van der Waals surface area contributed by atoms with Crippen LogP contribution in [0.25, 0.3) is 0 Å². The average molecular weight is 701 g/mol. The molecule has 15 heteroatoms. The second-order valence-corrected chi connectivity index (χ2v) is 13.5. The van der Waals surface area contributed by atoms with E-state index in [2.05, 4.69) is 0 Å². The van der Waals surface area contributed by atoms with Crippen LogP contribution in [-0.4, -0.2) is 94.9 Å². The van der Waals surface area contributed by atoms with Crippen LogP contribution >= 0.6 is 0 Å². The molecule has 5 rings (SSSR count). The van der Waals surface area contributed by atoms with E-state index < -0.39 is 107 Å². The molecule has 0 radical (unpaired) electrons. The van der Waals surface area contributed by atoms with E-state index >= 15 is 0 Å². The minimum Gasteiger partial charge on any atom is -0.472 e. The molecule has 9 atom stereocenters. The Balaban J connectivity index is 1.90. The zero-order valence-electron chi connectivity index (χ0n) is 28.7. The number of furan rings is 1. The molecule has 1 aromatic heterocycles. The summed E-state index contributed by atoms with van der Waals surface area (Å²) in [7, 11) is 0. The number of rotatable bonds is 9. The lowest BCUT2D eigenvalue weighted by Gasteiger charge is -2.66. The van der Waals surface area contributed by atoms with E-state index in [1.165, 1.54) is 31.4 Å². The Hall–Kier alpha value is -4.76. The van der Waals surface area contributed by atoms with Crippen LogP contribution in [0.3, 0.4) is 0 Å². The summed E-state index contributed by atoms with van der Waals surface area (Å²) in [4.78, 5) is 78.9. The van der Waals surface area contributed by atoms with Crippen molar-refractivity contribution in [1.82, 2.24) is 0 Å². The van der Waals surface area contributed by atoms with Gasteiger partial charge in [-0.15, -0.1) is 0 Å². The molecule has 2 bridgehead atoms. The van der Waals surface area contributed by atoms with Crippen molar-refractivity contribution in [3.63, 3.8) is 0 Å². The van der Waals surface area contributed by atoms with Crippen molar-refractivity contribution in [1.29, 1.82) is 0 Å². The minimum atomic E-state index is -2.32. The van der Waals surface area contributed by atoms with Gasteiger partial charge in [-0.25, -0.2) is 9.59 Å². The lowest BCUT2D eigenvalue weighted by molar-refractivity contribution is -0.362. The molecule has 2 saturated carbocycles. The molecule has 1 N–H and O–H groups in total. The summed E-state index contributed by atoms with van der Waals surface area (Å²) in [6.07, 6.45) is -6.33. The zero-order chi connectivity index (χ0) is 36.8. The van der Waals surface area contributed by atoms with E-state index in [1.807, 2.05) is 0 Å².